The summed E-state index contributed by atoms with van der Waals surface area (Å²) in [7, 11) is 0. The monoisotopic (exact) mass is 201 g/mol. The van der Waals surface area contributed by atoms with Crippen LogP contribution in [0.1, 0.15) is 12.8 Å². The molecule has 2 atom stereocenters. The molecule has 2 aliphatic rings. The van der Waals surface area contributed by atoms with Crippen LogP contribution in [0.5, 0.6) is 0 Å². The van der Waals surface area contributed by atoms with E-state index in [1.807, 2.05) is 6.08 Å². The molecule has 2 heterocycles. The molecule has 0 saturated carbocycles. The van der Waals surface area contributed by atoms with E-state index in [2.05, 4.69) is 11.0 Å². The fourth-order valence-electron chi connectivity index (χ4n) is 2.13. The average molecular weight is 202 g/mol. The Kier molecular flexibility index (Phi) is 3.25. The van der Waals surface area contributed by atoms with Gasteiger partial charge in [-0.1, -0.05) is 12.2 Å². The van der Waals surface area contributed by atoms with E-state index in [4.69, 9.17) is 16.3 Å². The fraction of sp³-hybridized carbons (Fsp3) is 0.800. The Bertz CT molecular complexity index is 183. The third-order valence-electron chi connectivity index (χ3n) is 2.74. The summed E-state index contributed by atoms with van der Waals surface area (Å²) in [4.78, 5) is 2.45. The fourth-order valence-corrected chi connectivity index (χ4v) is 2.26. The molecule has 13 heavy (non-hydrogen) atoms. The normalized spacial score (nSPS) is 34.5. The third-order valence-corrected chi connectivity index (χ3v) is 2.92. The number of nitrogens with zero attached hydrogens (tertiary/aromatic N) is 1. The van der Waals surface area contributed by atoms with Crippen LogP contribution in [-0.2, 0) is 4.74 Å². The number of hydrogen-bond donors (Lipinski definition) is 0. The maximum Gasteiger partial charge on any atom is 0.0707 e. The van der Waals surface area contributed by atoms with Gasteiger partial charge in [-0.25, -0.2) is 0 Å². The maximum absolute atomic E-state index is 5.74. The molecular formula is C10H16ClNO. The van der Waals surface area contributed by atoms with Crippen molar-refractivity contribution in [3.8, 4) is 0 Å². The number of halogens is 1. The Labute approximate surface area is 84.5 Å². The predicted octanol–water partition coefficient (Wildman–Crippen LogP) is 1.64. The first-order valence-electron chi connectivity index (χ1n) is 4.97. The van der Waals surface area contributed by atoms with Crippen LogP contribution in [0.4, 0.5) is 0 Å². The number of likely N-dealkylation sites (tertiary alicyclic amines) is 1. The van der Waals surface area contributed by atoms with Gasteiger partial charge < -0.3 is 4.74 Å². The van der Waals surface area contributed by atoms with Crippen LogP contribution in [0.3, 0.4) is 0 Å². The van der Waals surface area contributed by atoms with Gasteiger partial charge in [0.1, 0.15) is 0 Å². The van der Waals surface area contributed by atoms with Crippen LogP contribution in [0.15, 0.2) is 12.2 Å². The Morgan fingerprint density at radius 3 is 2.54 bits per heavy atom. The molecule has 2 bridgehead atoms. The Morgan fingerprint density at radius 1 is 1.23 bits per heavy atom. The number of fused-ring (bicyclic) bond motifs is 2. The lowest BCUT2D eigenvalue weighted by Crippen LogP contribution is -2.42. The molecular weight excluding hydrogens is 186 g/mol. The second kappa shape index (κ2) is 4.45. The van der Waals surface area contributed by atoms with Crippen molar-refractivity contribution in [2.45, 2.75) is 25.0 Å². The van der Waals surface area contributed by atoms with Crippen LogP contribution in [-0.4, -0.2) is 42.6 Å². The van der Waals surface area contributed by atoms with Crippen molar-refractivity contribution in [1.29, 1.82) is 0 Å². The van der Waals surface area contributed by atoms with Gasteiger partial charge in [0.05, 0.1) is 12.2 Å². The number of ether oxygens (including phenoxy) is 1. The highest BCUT2D eigenvalue weighted by Crippen LogP contribution is 2.25. The predicted molar refractivity (Wildman–Crippen MR) is 54.2 cm³/mol. The minimum absolute atomic E-state index is 0.503. The average Bonchev–Trinajstić information content (AvgIpc) is 2.46. The van der Waals surface area contributed by atoms with E-state index >= 15 is 0 Å². The van der Waals surface area contributed by atoms with Gasteiger partial charge in [-0.05, 0) is 12.8 Å². The van der Waals surface area contributed by atoms with Gasteiger partial charge in [-0.3, -0.25) is 4.90 Å². The van der Waals surface area contributed by atoms with E-state index in [9.17, 15) is 0 Å². The van der Waals surface area contributed by atoms with E-state index in [1.165, 1.54) is 12.8 Å². The first kappa shape index (κ1) is 9.50. The molecule has 3 heteroatoms. The first-order valence-corrected chi connectivity index (χ1v) is 5.50. The summed E-state index contributed by atoms with van der Waals surface area (Å²) < 4.78 is 5.74. The molecule has 0 aromatic heterocycles. The van der Waals surface area contributed by atoms with Gasteiger partial charge >= 0.3 is 0 Å². The van der Waals surface area contributed by atoms with E-state index in [1.54, 1.807) is 0 Å². The Morgan fingerprint density at radius 2 is 1.92 bits per heavy atom. The minimum Gasteiger partial charge on any atom is -0.372 e. The van der Waals surface area contributed by atoms with Crippen molar-refractivity contribution in [1.82, 2.24) is 4.90 Å². The Balaban J connectivity index is 1.78. The number of morpholine rings is 1. The molecule has 2 fully saturated rings. The van der Waals surface area contributed by atoms with E-state index < -0.39 is 0 Å². The molecule has 0 radical (unpaired) electrons. The lowest BCUT2D eigenvalue weighted by Gasteiger charge is -2.31. The second-order valence-corrected chi connectivity index (χ2v) is 4.11. The summed E-state index contributed by atoms with van der Waals surface area (Å²) in [5.74, 6) is 0.622. The molecule has 2 rings (SSSR count). The van der Waals surface area contributed by atoms with Crippen molar-refractivity contribution >= 4 is 11.6 Å². The molecule has 0 N–H and O–H groups in total. The zero-order chi connectivity index (χ0) is 9.10. The second-order valence-electron chi connectivity index (χ2n) is 3.80. The largest absolute Gasteiger partial charge is 0.372 e. The summed E-state index contributed by atoms with van der Waals surface area (Å²) >= 11 is 5.56. The quantitative estimate of drug-likeness (QED) is 0.509. The van der Waals surface area contributed by atoms with Gasteiger partial charge in [0.25, 0.3) is 0 Å². The summed E-state index contributed by atoms with van der Waals surface area (Å²) in [6.45, 7) is 3.23. The number of rotatable bonds is 3. The van der Waals surface area contributed by atoms with Crippen molar-refractivity contribution in [3.63, 3.8) is 0 Å². The molecule has 0 spiro atoms. The van der Waals surface area contributed by atoms with Crippen molar-refractivity contribution in [2.75, 3.05) is 25.5 Å². The van der Waals surface area contributed by atoms with Crippen molar-refractivity contribution < 1.29 is 4.74 Å². The van der Waals surface area contributed by atoms with E-state index in [-0.39, 0.29) is 0 Å². The standard InChI is InChI=1S/C10H16ClNO/c11-5-1-2-6-12-7-9-3-4-10(8-12)13-9/h1-2,9-10H,3-8H2. The van der Waals surface area contributed by atoms with Crippen LogP contribution < -0.4 is 0 Å². The molecule has 0 aliphatic carbocycles. The number of hydrogen-bond acceptors (Lipinski definition) is 2. The zero-order valence-corrected chi connectivity index (χ0v) is 8.54. The van der Waals surface area contributed by atoms with Crippen molar-refractivity contribution in [3.05, 3.63) is 12.2 Å². The Hall–Kier alpha value is -0.0500. The lowest BCUT2D eigenvalue weighted by atomic mass is 10.2. The van der Waals surface area contributed by atoms with Gasteiger partial charge in [0, 0.05) is 25.5 Å². The lowest BCUT2D eigenvalue weighted by molar-refractivity contribution is -0.0343. The molecule has 0 aromatic rings. The van der Waals surface area contributed by atoms with E-state index in [0.717, 1.165) is 19.6 Å². The highest BCUT2D eigenvalue weighted by molar-refractivity contribution is 6.18. The zero-order valence-electron chi connectivity index (χ0n) is 7.79. The molecule has 2 nitrogen and oxygen atoms in total. The van der Waals surface area contributed by atoms with Crippen LogP contribution in [0.2, 0.25) is 0 Å². The highest BCUT2D eigenvalue weighted by atomic mass is 35.5. The molecule has 2 unspecified atom stereocenters. The van der Waals surface area contributed by atoms with Crippen LogP contribution >= 0.6 is 11.6 Å². The first-order chi connectivity index (χ1) is 6.38. The van der Waals surface area contributed by atoms with Gasteiger partial charge in [-0.15, -0.1) is 11.6 Å². The SMILES string of the molecule is ClCC=CCN1CC2CCC(C1)O2. The van der Waals surface area contributed by atoms with Gasteiger partial charge in [0.2, 0.25) is 0 Å². The minimum atomic E-state index is 0.503. The molecule has 2 saturated heterocycles. The third kappa shape index (κ3) is 2.46. The van der Waals surface area contributed by atoms with Gasteiger partial charge in [-0.2, -0.15) is 0 Å². The van der Waals surface area contributed by atoms with Gasteiger partial charge in [0.15, 0.2) is 0 Å². The summed E-state index contributed by atoms with van der Waals surface area (Å²) in [6, 6.07) is 0. The summed E-state index contributed by atoms with van der Waals surface area (Å²) in [5.41, 5.74) is 0. The molecule has 0 aromatic carbocycles. The number of allylic oxidation sites excluding steroid dienone is 1. The van der Waals surface area contributed by atoms with Crippen LogP contribution in [0, 0.1) is 0 Å². The number of alkyl halides is 1. The van der Waals surface area contributed by atoms with E-state index in [0.29, 0.717) is 18.1 Å². The maximum atomic E-state index is 5.74. The summed E-state index contributed by atoms with van der Waals surface area (Å²) in [6.07, 6.45) is 7.67. The summed E-state index contributed by atoms with van der Waals surface area (Å²) in [5, 5.41) is 0. The molecule has 74 valence electrons. The molecule has 2 aliphatic heterocycles. The highest BCUT2D eigenvalue weighted by Gasteiger charge is 2.32. The van der Waals surface area contributed by atoms with Crippen LogP contribution in [0.25, 0.3) is 0 Å². The van der Waals surface area contributed by atoms with Crippen molar-refractivity contribution in [2.24, 2.45) is 0 Å². The topological polar surface area (TPSA) is 12.5 Å². The molecule has 0 amide bonds. The smallest absolute Gasteiger partial charge is 0.0707 e.